The highest BCUT2D eigenvalue weighted by Crippen LogP contribution is 2.37. The molecule has 0 aromatic heterocycles. The van der Waals surface area contributed by atoms with E-state index in [1.54, 1.807) is 0 Å². The van der Waals surface area contributed by atoms with Crippen molar-refractivity contribution < 1.29 is 0 Å². The van der Waals surface area contributed by atoms with Crippen molar-refractivity contribution in [3.8, 4) is 0 Å². The SMILES string of the molecule is CCN1CCCC(N2C3CCCC2CC(NC)C3)C1. The maximum absolute atomic E-state index is 3.54. The molecule has 0 spiro atoms. The highest BCUT2D eigenvalue weighted by molar-refractivity contribution is 4.98. The van der Waals surface area contributed by atoms with Gasteiger partial charge in [0, 0.05) is 30.7 Å². The van der Waals surface area contributed by atoms with Crippen LogP contribution in [0.2, 0.25) is 0 Å². The van der Waals surface area contributed by atoms with Gasteiger partial charge in [-0.15, -0.1) is 0 Å². The third-order valence-corrected chi connectivity index (χ3v) is 5.79. The van der Waals surface area contributed by atoms with Gasteiger partial charge in [0.25, 0.3) is 0 Å². The van der Waals surface area contributed by atoms with Crippen molar-refractivity contribution in [2.24, 2.45) is 0 Å². The number of rotatable bonds is 3. The second-order valence-corrected chi connectivity index (χ2v) is 6.83. The van der Waals surface area contributed by atoms with Gasteiger partial charge in [0.2, 0.25) is 0 Å². The Balaban J connectivity index is 1.69. The molecule has 0 radical (unpaired) electrons. The predicted octanol–water partition coefficient (Wildman–Crippen LogP) is 2.08. The molecular weight excluding hydrogens is 234 g/mol. The number of fused-ring (bicyclic) bond motifs is 2. The molecule has 3 atom stereocenters. The summed E-state index contributed by atoms with van der Waals surface area (Å²) in [6.07, 6.45) is 9.96. The van der Waals surface area contributed by atoms with Crippen molar-refractivity contribution in [3.63, 3.8) is 0 Å². The minimum Gasteiger partial charge on any atom is -0.317 e. The number of nitrogens with one attached hydrogen (secondary N) is 1. The number of likely N-dealkylation sites (tertiary alicyclic amines) is 1. The van der Waals surface area contributed by atoms with Crippen molar-refractivity contribution in [2.75, 3.05) is 26.7 Å². The quantitative estimate of drug-likeness (QED) is 0.843. The molecule has 0 aliphatic carbocycles. The van der Waals surface area contributed by atoms with Crippen LogP contribution >= 0.6 is 0 Å². The molecule has 0 saturated carbocycles. The van der Waals surface area contributed by atoms with Gasteiger partial charge in [0.1, 0.15) is 0 Å². The van der Waals surface area contributed by atoms with Crippen LogP contribution in [-0.4, -0.2) is 60.6 Å². The highest BCUT2D eigenvalue weighted by Gasteiger charge is 2.41. The molecule has 3 aliphatic heterocycles. The minimum absolute atomic E-state index is 0.775. The van der Waals surface area contributed by atoms with Gasteiger partial charge in [-0.25, -0.2) is 0 Å². The summed E-state index contributed by atoms with van der Waals surface area (Å²) in [5, 5.41) is 3.54. The summed E-state index contributed by atoms with van der Waals surface area (Å²) in [6, 6.07) is 3.36. The Morgan fingerprint density at radius 3 is 2.32 bits per heavy atom. The van der Waals surface area contributed by atoms with Gasteiger partial charge in [-0.3, -0.25) is 4.90 Å². The smallest absolute Gasteiger partial charge is 0.0229 e. The van der Waals surface area contributed by atoms with Gasteiger partial charge in [-0.2, -0.15) is 0 Å². The molecule has 0 aromatic rings. The summed E-state index contributed by atoms with van der Waals surface area (Å²) in [5.74, 6) is 0. The van der Waals surface area contributed by atoms with Crippen LogP contribution in [-0.2, 0) is 0 Å². The lowest BCUT2D eigenvalue weighted by molar-refractivity contribution is -0.0331. The first-order valence-corrected chi connectivity index (χ1v) is 8.49. The molecule has 3 rings (SSSR count). The van der Waals surface area contributed by atoms with Crippen molar-refractivity contribution in [1.29, 1.82) is 0 Å². The van der Waals surface area contributed by atoms with Crippen LogP contribution in [0.1, 0.15) is 51.9 Å². The number of hydrogen-bond acceptors (Lipinski definition) is 3. The molecular formula is C16H31N3. The van der Waals surface area contributed by atoms with E-state index in [1.807, 2.05) is 0 Å². The monoisotopic (exact) mass is 265 g/mol. The number of likely N-dealkylation sites (N-methyl/N-ethyl adjacent to an activating group) is 1. The van der Waals surface area contributed by atoms with E-state index in [2.05, 4.69) is 29.1 Å². The molecule has 0 amide bonds. The van der Waals surface area contributed by atoms with Crippen LogP contribution in [0.5, 0.6) is 0 Å². The maximum atomic E-state index is 3.54. The topological polar surface area (TPSA) is 18.5 Å². The van der Waals surface area contributed by atoms with Crippen molar-refractivity contribution in [3.05, 3.63) is 0 Å². The van der Waals surface area contributed by atoms with Crippen molar-refractivity contribution >= 4 is 0 Å². The molecule has 3 nitrogen and oxygen atoms in total. The summed E-state index contributed by atoms with van der Waals surface area (Å²) in [6.45, 7) is 6.21. The Labute approximate surface area is 118 Å². The Morgan fingerprint density at radius 1 is 1.00 bits per heavy atom. The van der Waals surface area contributed by atoms with E-state index < -0.39 is 0 Å². The van der Waals surface area contributed by atoms with E-state index in [0.717, 1.165) is 24.2 Å². The minimum atomic E-state index is 0.775. The summed E-state index contributed by atoms with van der Waals surface area (Å²) in [4.78, 5) is 5.62. The average molecular weight is 265 g/mol. The zero-order valence-corrected chi connectivity index (χ0v) is 12.8. The Morgan fingerprint density at radius 2 is 1.68 bits per heavy atom. The van der Waals surface area contributed by atoms with E-state index in [9.17, 15) is 0 Å². The fraction of sp³-hybridized carbons (Fsp3) is 1.00. The summed E-state index contributed by atoms with van der Waals surface area (Å²) in [7, 11) is 2.15. The zero-order valence-electron chi connectivity index (χ0n) is 12.8. The van der Waals surface area contributed by atoms with Crippen molar-refractivity contribution in [1.82, 2.24) is 15.1 Å². The molecule has 1 N–H and O–H groups in total. The number of nitrogens with zero attached hydrogens (tertiary/aromatic N) is 2. The fourth-order valence-corrected chi connectivity index (χ4v) is 4.81. The number of piperidine rings is 3. The Bertz CT molecular complexity index is 280. The van der Waals surface area contributed by atoms with Crippen LogP contribution in [0.3, 0.4) is 0 Å². The highest BCUT2D eigenvalue weighted by atomic mass is 15.3. The van der Waals surface area contributed by atoms with Crippen LogP contribution in [0, 0.1) is 0 Å². The lowest BCUT2D eigenvalue weighted by Crippen LogP contribution is -2.62. The second kappa shape index (κ2) is 6.11. The molecule has 3 fully saturated rings. The Kier molecular flexibility index (Phi) is 4.45. The van der Waals surface area contributed by atoms with Gasteiger partial charge in [0.05, 0.1) is 0 Å². The lowest BCUT2D eigenvalue weighted by Gasteiger charge is -2.54. The van der Waals surface area contributed by atoms with Crippen LogP contribution in [0.4, 0.5) is 0 Å². The van der Waals surface area contributed by atoms with Crippen molar-refractivity contribution in [2.45, 2.75) is 76.0 Å². The first-order chi connectivity index (χ1) is 9.31. The molecule has 3 heterocycles. The normalized spacial score (nSPS) is 41.4. The summed E-state index contributed by atoms with van der Waals surface area (Å²) in [5.41, 5.74) is 0. The van der Waals surface area contributed by atoms with Gasteiger partial charge in [-0.1, -0.05) is 13.3 Å². The predicted molar refractivity (Wildman–Crippen MR) is 80.5 cm³/mol. The molecule has 0 aromatic carbocycles. The molecule has 3 aliphatic rings. The fourth-order valence-electron chi connectivity index (χ4n) is 4.81. The van der Waals surface area contributed by atoms with Gasteiger partial charge in [-0.05, 0) is 58.7 Å². The summed E-state index contributed by atoms with van der Waals surface area (Å²) >= 11 is 0. The van der Waals surface area contributed by atoms with Crippen LogP contribution in [0.15, 0.2) is 0 Å². The standard InChI is InChI=1S/C16H31N3/c1-3-18-9-5-8-16(12-18)19-14-6-4-7-15(19)11-13(10-14)17-2/h13-17H,3-12H2,1-2H3. The molecule has 3 saturated heterocycles. The van der Waals surface area contributed by atoms with E-state index in [0.29, 0.717) is 0 Å². The first-order valence-electron chi connectivity index (χ1n) is 8.49. The molecule has 19 heavy (non-hydrogen) atoms. The zero-order chi connectivity index (χ0) is 13.2. The van der Waals surface area contributed by atoms with E-state index >= 15 is 0 Å². The largest absolute Gasteiger partial charge is 0.317 e. The molecule has 2 bridgehead atoms. The first kappa shape index (κ1) is 13.8. The van der Waals surface area contributed by atoms with E-state index in [1.165, 1.54) is 64.6 Å². The van der Waals surface area contributed by atoms with Gasteiger partial charge >= 0.3 is 0 Å². The number of hydrogen-bond donors (Lipinski definition) is 1. The van der Waals surface area contributed by atoms with Gasteiger partial charge < -0.3 is 10.2 Å². The van der Waals surface area contributed by atoms with E-state index in [-0.39, 0.29) is 0 Å². The average Bonchev–Trinajstić information content (AvgIpc) is 2.46. The third-order valence-electron chi connectivity index (χ3n) is 5.79. The molecule has 3 unspecified atom stereocenters. The van der Waals surface area contributed by atoms with Crippen LogP contribution in [0.25, 0.3) is 0 Å². The lowest BCUT2D eigenvalue weighted by atomic mass is 9.79. The molecule has 3 heteroatoms. The third kappa shape index (κ3) is 2.84. The second-order valence-electron chi connectivity index (χ2n) is 6.83. The van der Waals surface area contributed by atoms with Gasteiger partial charge in [0.15, 0.2) is 0 Å². The van der Waals surface area contributed by atoms with E-state index in [4.69, 9.17) is 0 Å². The Hall–Kier alpha value is -0.120. The maximum Gasteiger partial charge on any atom is 0.0229 e. The van der Waals surface area contributed by atoms with Crippen LogP contribution < -0.4 is 5.32 Å². The summed E-state index contributed by atoms with van der Waals surface area (Å²) < 4.78 is 0. The molecule has 110 valence electrons.